The van der Waals surface area contributed by atoms with Crippen LogP contribution >= 0.6 is 0 Å². The summed E-state index contributed by atoms with van der Waals surface area (Å²) in [6.07, 6.45) is 8.14. The van der Waals surface area contributed by atoms with Gasteiger partial charge >= 0.3 is 6.03 Å². The van der Waals surface area contributed by atoms with E-state index in [9.17, 15) is 4.79 Å². The maximum Gasteiger partial charge on any atom is 0.315 e. The molecule has 156 valence electrons. The lowest BCUT2D eigenvalue weighted by Gasteiger charge is -2.38. The molecule has 1 aliphatic heterocycles. The van der Waals surface area contributed by atoms with E-state index in [1.54, 1.807) is 12.0 Å². The topological polar surface area (TPSA) is 74.9 Å². The molecule has 1 aliphatic carbocycles. The number of rotatable bonds is 8. The Morgan fingerprint density at radius 2 is 2.04 bits per heavy atom. The zero-order valence-corrected chi connectivity index (χ0v) is 17.3. The molecule has 2 fully saturated rings. The maximum absolute atomic E-state index is 11.8. The molecular formula is C21H35N5O2. The maximum atomic E-state index is 11.8. The van der Waals surface area contributed by atoms with Crippen LogP contribution in [-0.4, -0.2) is 79.3 Å². The molecule has 2 aliphatic rings. The zero-order chi connectivity index (χ0) is 19.9. The average molecular weight is 390 g/mol. The molecule has 2 N–H and O–H groups in total. The number of hydrogen-bond acceptors (Lipinski definition) is 5. The molecule has 0 radical (unpaired) electrons. The van der Waals surface area contributed by atoms with Crippen molar-refractivity contribution in [3.05, 3.63) is 23.9 Å². The number of piperazine rings is 1. The van der Waals surface area contributed by atoms with Crippen LogP contribution in [0.4, 0.5) is 10.6 Å². The number of primary amides is 1. The summed E-state index contributed by atoms with van der Waals surface area (Å²) in [6, 6.07) is 4.61. The van der Waals surface area contributed by atoms with Crippen molar-refractivity contribution in [3.8, 4) is 0 Å². The van der Waals surface area contributed by atoms with Gasteiger partial charge in [-0.25, -0.2) is 9.78 Å². The summed E-state index contributed by atoms with van der Waals surface area (Å²) in [4.78, 5) is 23.1. The van der Waals surface area contributed by atoms with Crippen molar-refractivity contribution < 1.29 is 9.53 Å². The van der Waals surface area contributed by atoms with Crippen molar-refractivity contribution in [2.45, 2.75) is 51.1 Å². The standard InChI is InChI=1S/C21H35N5O2/c1-17(26(21(22)27)13-14-28-2)15-18-7-8-23-20(16-18)25-11-9-24(10-12-25)19-5-3-4-6-19/h7-8,16-17,19H,3-6,9-15H2,1-2H3,(H2,22,27). The van der Waals surface area contributed by atoms with Gasteiger partial charge in [-0.2, -0.15) is 0 Å². The van der Waals surface area contributed by atoms with Crippen molar-refractivity contribution in [2.24, 2.45) is 5.73 Å². The lowest BCUT2D eigenvalue weighted by molar-refractivity contribution is 0.137. The van der Waals surface area contributed by atoms with Crippen molar-refractivity contribution in [2.75, 3.05) is 51.3 Å². The van der Waals surface area contributed by atoms with Gasteiger partial charge in [0.05, 0.1) is 6.61 Å². The fraction of sp³-hybridized carbons (Fsp3) is 0.714. The molecule has 0 bridgehead atoms. The van der Waals surface area contributed by atoms with Gasteiger partial charge in [-0.3, -0.25) is 4.90 Å². The van der Waals surface area contributed by atoms with Crippen LogP contribution in [-0.2, 0) is 11.2 Å². The second kappa shape index (κ2) is 10.1. The van der Waals surface area contributed by atoms with E-state index in [1.165, 1.54) is 31.2 Å². The highest BCUT2D eigenvalue weighted by atomic mass is 16.5. The number of methoxy groups -OCH3 is 1. The van der Waals surface area contributed by atoms with Crippen LogP contribution in [0, 0.1) is 0 Å². The Morgan fingerprint density at radius 1 is 1.32 bits per heavy atom. The van der Waals surface area contributed by atoms with E-state index in [0.717, 1.165) is 44.5 Å². The van der Waals surface area contributed by atoms with Crippen LogP contribution in [0.3, 0.4) is 0 Å². The summed E-state index contributed by atoms with van der Waals surface area (Å²) in [5.74, 6) is 1.04. The lowest BCUT2D eigenvalue weighted by Crippen LogP contribution is -2.50. The first-order chi connectivity index (χ1) is 13.6. The van der Waals surface area contributed by atoms with E-state index in [-0.39, 0.29) is 6.04 Å². The summed E-state index contributed by atoms with van der Waals surface area (Å²) < 4.78 is 5.10. The second-order valence-corrected chi connectivity index (χ2v) is 8.06. The fourth-order valence-corrected chi connectivity index (χ4v) is 4.53. The Labute approximate surface area is 168 Å². The molecule has 3 rings (SSSR count). The predicted octanol–water partition coefficient (Wildman–Crippen LogP) is 2.10. The molecule has 1 saturated carbocycles. The third-order valence-electron chi connectivity index (χ3n) is 6.17. The van der Waals surface area contributed by atoms with Crippen molar-refractivity contribution in [1.82, 2.24) is 14.8 Å². The Bertz CT molecular complexity index is 627. The monoisotopic (exact) mass is 389 g/mol. The van der Waals surface area contributed by atoms with E-state index in [4.69, 9.17) is 10.5 Å². The fourth-order valence-electron chi connectivity index (χ4n) is 4.53. The van der Waals surface area contributed by atoms with Crippen LogP contribution in [0.15, 0.2) is 18.3 Å². The highest BCUT2D eigenvalue weighted by Gasteiger charge is 2.26. The lowest BCUT2D eigenvalue weighted by atomic mass is 10.1. The summed E-state index contributed by atoms with van der Waals surface area (Å²) in [7, 11) is 1.63. The van der Waals surface area contributed by atoms with Crippen molar-refractivity contribution in [1.29, 1.82) is 0 Å². The van der Waals surface area contributed by atoms with E-state index >= 15 is 0 Å². The number of ether oxygens (including phenoxy) is 1. The van der Waals surface area contributed by atoms with Gasteiger partial charge in [-0.1, -0.05) is 12.8 Å². The van der Waals surface area contributed by atoms with Crippen LogP contribution in [0.2, 0.25) is 0 Å². The minimum atomic E-state index is -0.401. The quantitative estimate of drug-likeness (QED) is 0.737. The first-order valence-electron chi connectivity index (χ1n) is 10.6. The van der Waals surface area contributed by atoms with Gasteiger partial charge in [0, 0.05) is 58.1 Å². The van der Waals surface area contributed by atoms with E-state index in [1.807, 2.05) is 19.2 Å². The molecule has 1 aromatic heterocycles. The van der Waals surface area contributed by atoms with E-state index in [0.29, 0.717) is 13.2 Å². The smallest absolute Gasteiger partial charge is 0.315 e. The van der Waals surface area contributed by atoms with Gasteiger partial charge in [0.25, 0.3) is 0 Å². The molecule has 1 unspecified atom stereocenters. The van der Waals surface area contributed by atoms with Gasteiger partial charge in [0.15, 0.2) is 0 Å². The Hall–Kier alpha value is -1.86. The zero-order valence-electron chi connectivity index (χ0n) is 17.3. The highest BCUT2D eigenvalue weighted by Crippen LogP contribution is 2.25. The number of amides is 2. The molecule has 0 spiro atoms. The average Bonchev–Trinajstić information content (AvgIpc) is 3.23. The number of hydrogen-bond donors (Lipinski definition) is 1. The predicted molar refractivity (Wildman–Crippen MR) is 112 cm³/mol. The minimum Gasteiger partial charge on any atom is -0.383 e. The van der Waals surface area contributed by atoms with E-state index in [2.05, 4.69) is 20.9 Å². The van der Waals surface area contributed by atoms with Crippen LogP contribution in [0.1, 0.15) is 38.2 Å². The number of aromatic nitrogens is 1. The van der Waals surface area contributed by atoms with Crippen molar-refractivity contribution >= 4 is 11.8 Å². The SMILES string of the molecule is COCCN(C(N)=O)C(C)Cc1ccnc(N2CCN(C3CCCC3)CC2)c1. The van der Waals surface area contributed by atoms with Gasteiger partial charge < -0.3 is 20.3 Å². The van der Waals surface area contributed by atoms with Crippen molar-refractivity contribution in [3.63, 3.8) is 0 Å². The summed E-state index contributed by atoms with van der Waals surface area (Å²) in [5, 5.41) is 0. The number of carbonyl (C=O) groups excluding carboxylic acids is 1. The second-order valence-electron chi connectivity index (χ2n) is 8.06. The highest BCUT2D eigenvalue weighted by molar-refractivity contribution is 5.72. The molecule has 7 nitrogen and oxygen atoms in total. The molecular weight excluding hydrogens is 354 g/mol. The molecule has 1 aromatic rings. The number of anilines is 1. The Morgan fingerprint density at radius 3 is 2.68 bits per heavy atom. The molecule has 28 heavy (non-hydrogen) atoms. The molecule has 2 heterocycles. The minimum absolute atomic E-state index is 0.0158. The molecule has 2 amide bonds. The molecule has 0 aromatic carbocycles. The largest absolute Gasteiger partial charge is 0.383 e. The number of urea groups is 1. The summed E-state index contributed by atoms with van der Waals surface area (Å²) in [5.41, 5.74) is 6.73. The summed E-state index contributed by atoms with van der Waals surface area (Å²) >= 11 is 0. The third-order valence-corrected chi connectivity index (χ3v) is 6.17. The number of nitrogens with zero attached hydrogens (tertiary/aromatic N) is 4. The molecule has 1 saturated heterocycles. The Kier molecular flexibility index (Phi) is 7.50. The third kappa shape index (κ3) is 5.35. The van der Waals surface area contributed by atoms with Gasteiger partial charge in [-0.05, 0) is 43.9 Å². The first-order valence-corrected chi connectivity index (χ1v) is 10.6. The molecule has 1 atom stereocenters. The van der Waals surface area contributed by atoms with Gasteiger partial charge in [0.2, 0.25) is 0 Å². The molecule has 7 heteroatoms. The van der Waals surface area contributed by atoms with Gasteiger partial charge in [-0.15, -0.1) is 0 Å². The van der Waals surface area contributed by atoms with Crippen LogP contribution in [0.25, 0.3) is 0 Å². The van der Waals surface area contributed by atoms with E-state index < -0.39 is 6.03 Å². The normalized spacial score (nSPS) is 19.7. The van der Waals surface area contributed by atoms with Gasteiger partial charge in [0.1, 0.15) is 5.82 Å². The Balaban J connectivity index is 1.57. The number of nitrogens with two attached hydrogens (primary N) is 1. The summed E-state index contributed by atoms with van der Waals surface area (Å²) in [6.45, 7) is 7.33. The number of carbonyl (C=O) groups is 1. The first kappa shape index (κ1) is 20.9. The van der Waals surface area contributed by atoms with Crippen LogP contribution < -0.4 is 10.6 Å². The van der Waals surface area contributed by atoms with Crippen LogP contribution in [0.5, 0.6) is 0 Å². The number of pyridine rings is 1.